The summed E-state index contributed by atoms with van der Waals surface area (Å²) in [4.78, 5) is 13.5. The molecule has 0 amide bonds. The van der Waals surface area contributed by atoms with Crippen molar-refractivity contribution >= 4 is 11.0 Å². The lowest BCUT2D eigenvalue weighted by Gasteiger charge is -2.08. The van der Waals surface area contributed by atoms with Crippen LogP contribution in [0.3, 0.4) is 0 Å². The van der Waals surface area contributed by atoms with Crippen LogP contribution >= 0.6 is 0 Å². The summed E-state index contributed by atoms with van der Waals surface area (Å²) in [5, 5.41) is 0. The van der Waals surface area contributed by atoms with Crippen molar-refractivity contribution in [1.82, 2.24) is 15.0 Å². The van der Waals surface area contributed by atoms with Crippen molar-refractivity contribution in [2.75, 3.05) is 0 Å². The van der Waals surface area contributed by atoms with Crippen LogP contribution in [-0.2, 0) is 6.42 Å². The van der Waals surface area contributed by atoms with Gasteiger partial charge in [0.25, 0.3) is 0 Å². The van der Waals surface area contributed by atoms with Gasteiger partial charge in [-0.3, -0.25) is 4.98 Å². The number of hydrogen-bond acceptors (Lipinski definition) is 3. The first kappa shape index (κ1) is 10.8. The molecule has 0 radical (unpaired) electrons. The van der Waals surface area contributed by atoms with Gasteiger partial charge in [0.2, 0.25) is 0 Å². The molecule has 2 heterocycles. The maximum atomic E-state index is 4.73. The second kappa shape index (κ2) is 4.53. The Morgan fingerprint density at radius 2 is 1.56 bits per heavy atom. The highest BCUT2D eigenvalue weighted by atomic mass is 14.8. The third-order valence-corrected chi connectivity index (χ3v) is 2.93. The second-order valence-electron chi connectivity index (χ2n) is 4.10. The molecule has 0 saturated carbocycles. The number of para-hydroxylation sites is 2. The normalized spacial score (nSPS) is 10.7. The maximum absolute atomic E-state index is 4.73. The van der Waals surface area contributed by atoms with Crippen LogP contribution in [0.1, 0.15) is 12.6 Å². The molecule has 1 aromatic carbocycles. The summed E-state index contributed by atoms with van der Waals surface area (Å²) in [6.45, 7) is 2.10. The van der Waals surface area contributed by atoms with E-state index in [4.69, 9.17) is 4.98 Å². The first-order valence-corrected chi connectivity index (χ1v) is 6.04. The molecular weight excluding hydrogens is 222 g/mol. The molecule has 0 fully saturated rings. The Bertz CT molecular complexity index is 678. The molecule has 88 valence electrons. The van der Waals surface area contributed by atoms with Gasteiger partial charge in [0.05, 0.1) is 22.4 Å². The molecule has 0 saturated heterocycles. The van der Waals surface area contributed by atoms with Crippen LogP contribution in [0.5, 0.6) is 0 Å². The van der Waals surface area contributed by atoms with E-state index in [0.717, 1.165) is 34.4 Å². The zero-order valence-corrected chi connectivity index (χ0v) is 10.2. The number of pyridine rings is 1. The highest BCUT2D eigenvalue weighted by Crippen LogP contribution is 2.22. The zero-order valence-electron chi connectivity index (χ0n) is 10.2. The number of hydrogen-bond donors (Lipinski definition) is 0. The van der Waals surface area contributed by atoms with E-state index in [1.165, 1.54) is 0 Å². The van der Waals surface area contributed by atoms with Gasteiger partial charge in [-0.25, -0.2) is 9.97 Å². The van der Waals surface area contributed by atoms with E-state index in [2.05, 4.69) is 16.9 Å². The summed E-state index contributed by atoms with van der Waals surface area (Å²) in [5.41, 5.74) is 4.94. The molecule has 3 rings (SSSR count). The van der Waals surface area contributed by atoms with Crippen LogP contribution in [0.15, 0.2) is 48.8 Å². The smallest absolute Gasteiger partial charge is 0.0926 e. The van der Waals surface area contributed by atoms with Crippen LogP contribution in [0.2, 0.25) is 0 Å². The van der Waals surface area contributed by atoms with Crippen LogP contribution < -0.4 is 0 Å². The molecule has 0 N–H and O–H groups in total. The van der Waals surface area contributed by atoms with E-state index >= 15 is 0 Å². The number of aromatic nitrogens is 3. The fourth-order valence-electron chi connectivity index (χ4n) is 2.02. The van der Waals surface area contributed by atoms with Gasteiger partial charge in [-0.1, -0.05) is 19.1 Å². The van der Waals surface area contributed by atoms with E-state index in [-0.39, 0.29) is 0 Å². The SMILES string of the molecule is CCc1nc2ccccc2nc1-c1ccncc1. The van der Waals surface area contributed by atoms with Crippen molar-refractivity contribution in [2.45, 2.75) is 13.3 Å². The molecule has 0 aliphatic heterocycles. The molecule has 3 aromatic rings. The van der Waals surface area contributed by atoms with Crippen LogP contribution in [0.25, 0.3) is 22.3 Å². The van der Waals surface area contributed by atoms with Crippen molar-refractivity contribution in [3.05, 3.63) is 54.5 Å². The van der Waals surface area contributed by atoms with Gasteiger partial charge in [0, 0.05) is 18.0 Å². The lowest BCUT2D eigenvalue weighted by molar-refractivity contribution is 1.04. The van der Waals surface area contributed by atoms with Gasteiger partial charge >= 0.3 is 0 Å². The molecule has 3 nitrogen and oxygen atoms in total. The van der Waals surface area contributed by atoms with Crippen molar-refractivity contribution in [1.29, 1.82) is 0 Å². The average molecular weight is 235 g/mol. The Hall–Kier alpha value is -2.29. The van der Waals surface area contributed by atoms with Gasteiger partial charge in [-0.15, -0.1) is 0 Å². The predicted molar refractivity (Wildman–Crippen MR) is 72.1 cm³/mol. The summed E-state index contributed by atoms with van der Waals surface area (Å²) < 4.78 is 0. The van der Waals surface area contributed by atoms with Gasteiger partial charge in [-0.2, -0.15) is 0 Å². The lowest BCUT2D eigenvalue weighted by Crippen LogP contribution is -1.97. The minimum absolute atomic E-state index is 0.871. The molecular formula is C15H13N3. The molecule has 0 bridgehead atoms. The average Bonchev–Trinajstić information content (AvgIpc) is 2.46. The second-order valence-corrected chi connectivity index (χ2v) is 4.10. The molecule has 0 unspecified atom stereocenters. The number of rotatable bonds is 2. The molecule has 3 heteroatoms. The minimum Gasteiger partial charge on any atom is -0.265 e. The summed E-state index contributed by atoms with van der Waals surface area (Å²) in [5.74, 6) is 0. The van der Waals surface area contributed by atoms with Crippen LogP contribution in [-0.4, -0.2) is 15.0 Å². The van der Waals surface area contributed by atoms with Gasteiger partial charge in [0.1, 0.15) is 0 Å². The number of benzene rings is 1. The van der Waals surface area contributed by atoms with Gasteiger partial charge in [-0.05, 0) is 30.7 Å². The summed E-state index contributed by atoms with van der Waals surface area (Å²) in [6, 6.07) is 11.9. The van der Waals surface area contributed by atoms with Crippen molar-refractivity contribution in [3.63, 3.8) is 0 Å². The van der Waals surface area contributed by atoms with Gasteiger partial charge in [0.15, 0.2) is 0 Å². The molecule has 0 spiro atoms. The quantitative estimate of drug-likeness (QED) is 0.684. The Labute approximate surface area is 106 Å². The predicted octanol–water partition coefficient (Wildman–Crippen LogP) is 3.25. The maximum Gasteiger partial charge on any atom is 0.0926 e. The number of aryl methyl sites for hydroxylation is 1. The Morgan fingerprint density at radius 3 is 2.22 bits per heavy atom. The van der Waals surface area contributed by atoms with Crippen molar-refractivity contribution in [2.24, 2.45) is 0 Å². The van der Waals surface area contributed by atoms with E-state index in [1.807, 2.05) is 36.4 Å². The molecule has 0 aliphatic rings. The third-order valence-electron chi connectivity index (χ3n) is 2.93. The van der Waals surface area contributed by atoms with E-state index in [0.29, 0.717) is 0 Å². The highest BCUT2D eigenvalue weighted by Gasteiger charge is 2.08. The minimum atomic E-state index is 0.871. The Balaban J connectivity index is 2.27. The topological polar surface area (TPSA) is 38.7 Å². The van der Waals surface area contributed by atoms with Gasteiger partial charge < -0.3 is 0 Å². The fourth-order valence-corrected chi connectivity index (χ4v) is 2.02. The molecule has 2 aromatic heterocycles. The van der Waals surface area contributed by atoms with Crippen molar-refractivity contribution < 1.29 is 0 Å². The van der Waals surface area contributed by atoms with E-state index in [9.17, 15) is 0 Å². The monoisotopic (exact) mass is 235 g/mol. The van der Waals surface area contributed by atoms with E-state index in [1.54, 1.807) is 12.4 Å². The molecule has 0 aliphatic carbocycles. The van der Waals surface area contributed by atoms with E-state index < -0.39 is 0 Å². The first-order chi connectivity index (χ1) is 8.88. The van der Waals surface area contributed by atoms with Crippen molar-refractivity contribution in [3.8, 4) is 11.3 Å². The summed E-state index contributed by atoms with van der Waals surface area (Å²) in [6.07, 6.45) is 4.44. The van der Waals surface area contributed by atoms with Crippen LogP contribution in [0, 0.1) is 0 Å². The summed E-state index contributed by atoms with van der Waals surface area (Å²) in [7, 11) is 0. The number of nitrogens with zero attached hydrogens (tertiary/aromatic N) is 3. The number of fused-ring (bicyclic) bond motifs is 1. The van der Waals surface area contributed by atoms with Crippen LogP contribution in [0.4, 0.5) is 0 Å². The molecule has 0 atom stereocenters. The standard InChI is InChI=1S/C15H13N3/c1-2-12-15(11-7-9-16-10-8-11)18-14-6-4-3-5-13(14)17-12/h3-10H,2H2,1H3. The Morgan fingerprint density at radius 1 is 0.889 bits per heavy atom. The Kier molecular flexibility index (Phi) is 2.73. The lowest BCUT2D eigenvalue weighted by atomic mass is 10.1. The first-order valence-electron chi connectivity index (χ1n) is 6.04. The summed E-state index contributed by atoms with van der Waals surface area (Å²) >= 11 is 0. The third kappa shape index (κ3) is 1.84. The largest absolute Gasteiger partial charge is 0.265 e. The fraction of sp³-hybridized carbons (Fsp3) is 0.133. The zero-order chi connectivity index (χ0) is 12.4. The highest BCUT2D eigenvalue weighted by molar-refractivity contribution is 5.78. The molecule has 18 heavy (non-hydrogen) atoms.